The number of nitrogens with one attached hydrogen (secondary N) is 1. The van der Waals surface area contributed by atoms with E-state index in [-0.39, 0.29) is 30.4 Å². The number of sulfone groups is 1. The molecule has 6 nitrogen and oxygen atoms in total. The van der Waals surface area contributed by atoms with Crippen LogP contribution in [0, 0.1) is 0 Å². The molecule has 2 saturated heterocycles. The van der Waals surface area contributed by atoms with E-state index >= 15 is 0 Å². The third-order valence-electron chi connectivity index (χ3n) is 4.17. The summed E-state index contributed by atoms with van der Waals surface area (Å²) in [5.41, 5.74) is 0. The average Bonchev–Trinajstić information content (AvgIpc) is 2.39. The monoisotopic (exact) mass is 324 g/mol. The normalized spacial score (nSPS) is 29.4. The van der Waals surface area contributed by atoms with Crippen molar-refractivity contribution in [1.82, 2.24) is 9.62 Å². The molecule has 0 saturated carbocycles. The molecule has 0 spiro atoms. The van der Waals surface area contributed by atoms with Gasteiger partial charge < -0.3 is 5.32 Å². The van der Waals surface area contributed by atoms with Crippen molar-refractivity contribution >= 4 is 19.9 Å². The second-order valence-corrected chi connectivity index (χ2v) is 10.1. The number of hydrogen-bond donors (Lipinski definition) is 1. The van der Waals surface area contributed by atoms with Gasteiger partial charge in [-0.1, -0.05) is 13.3 Å². The summed E-state index contributed by atoms with van der Waals surface area (Å²) in [6.07, 6.45) is 2.27. The zero-order chi connectivity index (χ0) is 14.8. The molecule has 1 unspecified atom stereocenters. The first-order valence-corrected chi connectivity index (χ1v) is 10.6. The van der Waals surface area contributed by atoms with Crippen LogP contribution in [-0.4, -0.2) is 63.6 Å². The molecule has 0 amide bonds. The SMILES string of the molecule is CCCC1CNCCN1S(=O)(=O)C1CCS(=O)(=O)CC1. The van der Waals surface area contributed by atoms with E-state index in [1.165, 1.54) is 0 Å². The summed E-state index contributed by atoms with van der Waals surface area (Å²) in [5.74, 6) is 0.00284. The van der Waals surface area contributed by atoms with Gasteiger partial charge in [0, 0.05) is 25.7 Å². The summed E-state index contributed by atoms with van der Waals surface area (Å²) >= 11 is 0. The summed E-state index contributed by atoms with van der Waals surface area (Å²) in [5, 5.41) is 2.71. The van der Waals surface area contributed by atoms with Gasteiger partial charge in [0.25, 0.3) is 0 Å². The molecular weight excluding hydrogens is 300 g/mol. The molecule has 1 N–H and O–H groups in total. The summed E-state index contributed by atoms with van der Waals surface area (Å²) < 4.78 is 50.0. The first kappa shape index (κ1) is 16.2. The van der Waals surface area contributed by atoms with E-state index in [0.29, 0.717) is 19.6 Å². The number of hydrogen-bond acceptors (Lipinski definition) is 5. The van der Waals surface area contributed by atoms with Crippen LogP contribution in [0.4, 0.5) is 0 Å². The minimum Gasteiger partial charge on any atom is -0.314 e. The van der Waals surface area contributed by atoms with Crippen LogP contribution >= 0.6 is 0 Å². The van der Waals surface area contributed by atoms with E-state index in [1.807, 2.05) is 6.92 Å². The van der Waals surface area contributed by atoms with E-state index in [1.54, 1.807) is 4.31 Å². The maximum Gasteiger partial charge on any atom is 0.217 e. The van der Waals surface area contributed by atoms with Gasteiger partial charge in [-0.2, -0.15) is 4.31 Å². The molecule has 2 aliphatic rings. The fraction of sp³-hybridized carbons (Fsp3) is 1.00. The molecule has 20 heavy (non-hydrogen) atoms. The summed E-state index contributed by atoms with van der Waals surface area (Å²) in [4.78, 5) is 0. The Morgan fingerprint density at radius 3 is 2.50 bits per heavy atom. The standard InChI is InChI=1S/C12H24N2O4S2/c1-2-3-11-10-13-6-7-14(11)20(17,18)12-4-8-19(15,16)9-5-12/h11-13H,2-10H2,1H3. The van der Waals surface area contributed by atoms with Gasteiger partial charge in [-0.3, -0.25) is 0 Å². The Labute approximate surface area is 121 Å². The van der Waals surface area contributed by atoms with Crippen LogP contribution in [0.25, 0.3) is 0 Å². The zero-order valence-electron chi connectivity index (χ0n) is 11.9. The lowest BCUT2D eigenvalue weighted by Gasteiger charge is -2.38. The molecule has 0 aliphatic carbocycles. The lowest BCUT2D eigenvalue weighted by Crippen LogP contribution is -2.56. The molecule has 0 aromatic rings. The number of nitrogens with zero attached hydrogens (tertiary/aromatic N) is 1. The quantitative estimate of drug-likeness (QED) is 0.785. The minimum absolute atomic E-state index is 0.00142. The van der Waals surface area contributed by atoms with E-state index in [2.05, 4.69) is 5.32 Å². The molecule has 2 rings (SSSR count). The Bertz CT molecular complexity index is 514. The minimum atomic E-state index is -3.38. The van der Waals surface area contributed by atoms with Crippen LogP contribution in [0.2, 0.25) is 0 Å². The van der Waals surface area contributed by atoms with Crippen LogP contribution in [-0.2, 0) is 19.9 Å². The largest absolute Gasteiger partial charge is 0.314 e. The van der Waals surface area contributed by atoms with Gasteiger partial charge >= 0.3 is 0 Å². The van der Waals surface area contributed by atoms with Crippen LogP contribution in [0.5, 0.6) is 0 Å². The Morgan fingerprint density at radius 1 is 1.25 bits per heavy atom. The van der Waals surface area contributed by atoms with Crippen LogP contribution < -0.4 is 5.32 Å². The highest BCUT2D eigenvalue weighted by Crippen LogP contribution is 2.25. The highest BCUT2D eigenvalue weighted by atomic mass is 32.2. The van der Waals surface area contributed by atoms with Crippen molar-refractivity contribution in [2.45, 2.75) is 43.9 Å². The lowest BCUT2D eigenvalue weighted by atomic mass is 10.1. The van der Waals surface area contributed by atoms with Crippen molar-refractivity contribution in [2.75, 3.05) is 31.1 Å². The molecule has 0 bridgehead atoms. The van der Waals surface area contributed by atoms with Gasteiger partial charge in [-0.15, -0.1) is 0 Å². The number of rotatable bonds is 4. The number of piperazine rings is 1. The lowest BCUT2D eigenvalue weighted by molar-refractivity contribution is 0.251. The van der Waals surface area contributed by atoms with Crippen LogP contribution in [0.15, 0.2) is 0 Å². The fourth-order valence-corrected chi connectivity index (χ4v) is 6.96. The average molecular weight is 324 g/mol. The molecular formula is C12H24N2O4S2. The van der Waals surface area contributed by atoms with Crippen molar-refractivity contribution in [3.8, 4) is 0 Å². The Kier molecular flexibility index (Phi) is 5.09. The Hall–Kier alpha value is -0.180. The van der Waals surface area contributed by atoms with Gasteiger partial charge in [0.05, 0.1) is 16.8 Å². The highest BCUT2D eigenvalue weighted by Gasteiger charge is 2.40. The molecule has 1 atom stereocenters. The van der Waals surface area contributed by atoms with E-state index < -0.39 is 25.1 Å². The van der Waals surface area contributed by atoms with E-state index in [4.69, 9.17) is 0 Å². The van der Waals surface area contributed by atoms with Gasteiger partial charge in [0.2, 0.25) is 10.0 Å². The molecule has 2 heterocycles. The van der Waals surface area contributed by atoms with Gasteiger partial charge in [0.15, 0.2) is 0 Å². The first-order valence-electron chi connectivity index (χ1n) is 7.28. The van der Waals surface area contributed by atoms with Crippen molar-refractivity contribution in [2.24, 2.45) is 0 Å². The second kappa shape index (κ2) is 6.29. The topological polar surface area (TPSA) is 83.6 Å². The molecule has 2 fully saturated rings. The fourth-order valence-electron chi connectivity index (χ4n) is 3.01. The summed E-state index contributed by atoms with van der Waals surface area (Å²) in [7, 11) is -6.40. The van der Waals surface area contributed by atoms with Gasteiger partial charge in [-0.05, 0) is 19.3 Å². The molecule has 2 aliphatic heterocycles. The predicted molar refractivity (Wildman–Crippen MR) is 78.9 cm³/mol. The maximum absolute atomic E-state index is 12.7. The summed E-state index contributed by atoms with van der Waals surface area (Å²) in [6.45, 7) is 3.91. The molecule has 8 heteroatoms. The van der Waals surface area contributed by atoms with Gasteiger partial charge in [-0.25, -0.2) is 16.8 Å². The molecule has 118 valence electrons. The predicted octanol–water partition coefficient (Wildman–Crippen LogP) is -0.0327. The van der Waals surface area contributed by atoms with Gasteiger partial charge in [0.1, 0.15) is 9.84 Å². The second-order valence-electron chi connectivity index (χ2n) is 5.65. The van der Waals surface area contributed by atoms with Crippen LogP contribution in [0.3, 0.4) is 0 Å². The third-order valence-corrected chi connectivity index (χ3v) is 8.33. The van der Waals surface area contributed by atoms with E-state index in [9.17, 15) is 16.8 Å². The zero-order valence-corrected chi connectivity index (χ0v) is 13.5. The Morgan fingerprint density at radius 2 is 1.90 bits per heavy atom. The highest BCUT2D eigenvalue weighted by molar-refractivity contribution is 7.92. The smallest absolute Gasteiger partial charge is 0.217 e. The van der Waals surface area contributed by atoms with Crippen molar-refractivity contribution in [3.05, 3.63) is 0 Å². The maximum atomic E-state index is 12.7. The first-order chi connectivity index (χ1) is 9.37. The van der Waals surface area contributed by atoms with Crippen molar-refractivity contribution in [3.63, 3.8) is 0 Å². The van der Waals surface area contributed by atoms with E-state index in [0.717, 1.165) is 12.8 Å². The Balaban J connectivity index is 2.12. The van der Waals surface area contributed by atoms with Crippen molar-refractivity contribution < 1.29 is 16.8 Å². The number of sulfonamides is 1. The summed E-state index contributed by atoms with van der Waals surface area (Å²) in [6, 6.07) is 0.0114. The van der Waals surface area contributed by atoms with Crippen LogP contribution in [0.1, 0.15) is 32.6 Å². The molecule has 0 aromatic carbocycles. The van der Waals surface area contributed by atoms with Crippen molar-refractivity contribution in [1.29, 1.82) is 0 Å². The third kappa shape index (κ3) is 3.52. The molecule has 0 aromatic heterocycles. The molecule has 0 radical (unpaired) electrons.